The van der Waals surface area contributed by atoms with Gasteiger partial charge in [0.2, 0.25) is 5.91 Å². The largest absolute Gasteiger partial charge is 0.497 e. The summed E-state index contributed by atoms with van der Waals surface area (Å²) < 4.78 is 10.6. The van der Waals surface area contributed by atoms with E-state index in [1.807, 2.05) is 18.4 Å². The maximum absolute atomic E-state index is 12.5. The molecule has 0 radical (unpaired) electrons. The molecule has 1 heterocycles. The van der Waals surface area contributed by atoms with Crippen LogP contribution in [0.4, 0.5) is 5.69 Å². The third-order valence-corrected chi connectivity index (χ3v) is 6.19. The molecule has 2 aromatic carbocycles. The summed E-state index contributed by atoms with van der Waals surface area (Å²) in [7, 11) is 1.57. The number of ether oxygens (including phenoxy) is 2. The second kappa shape index (κ2) is 10.8. The van der Waals surface area contributed by atoms with Crippen LogP contribution in [0, 0.1) is 0 Å². The number of nitrogens with one attached hydrogen (secondary N) is 1. The lowest BCUT2D eigenvalue weighted by molar-refractivity contribution is -0.113. The van der Waals surface area contributed by atoms with Gasteiger partial charge in [0.05, 0.1) is 29.1 Å². The molecule has 0 aliphatic rings. The number of carbonyl (C=O) groups is 2. The van der Waals surface area contributed by atoms with Gasteiger partial charge in [-0.2, -0.15) is 0 Å². The normalized spacial score (nSPS) is 10.5. The van der Waals surface area contributed by atoms with Crippen molar-refractivity contribution in [2.24, 2.45) is 0 Å². The van der Waals surface area contributed by atoms with Crippen LogP contribution in [0.3, 0.4) is 0 Å². The minimum absolute atomic E-state index is 0.130. The number of rotatable bonds is 9. The van der Waals surface area contributed by atoms with Gasteiger partial charge in [0.15, 0.2) is 0 Å². The van der Waals surface area contributed by atoms with Crippen molar-refractivity contribution < 1.29 is 19.1 Å². The highest BCUT2D eigenvalue weighted by Gasteiger charge is 2.15. The molecular formula is C22H22N2O4S2. The van der Waals surface area contributed by atoms with E-state index in [4.69, 9.17) is 9.47 Å². The minimum Gasteiger partial charge on any atom is -0.497 e. The van der Waals surface area contributed by atoms with Crippen molar-refractivity contribution >= 4 is 40.7 Å². The highest BCUT2D eigenvalue weighted by atomic mass is 32.2. The van der Waals surface area contributed by atoms with Crippen LogP contribution in [0.2, 0.25) is 0 Å². The molecule has 3 rings (SSSR count). The van der Waals surface area contributed by atoms with Crippen LogP contribution in [0.5, 0.6) is 5.75 Å². The molecule has 0 aliphatic carbocycles. The van der Waals surface area contributed by atoms with E-state index >= 15 is 0 Å². The van der Waals surface area contributed by atoms with Crippen LogP contribution in [-0.2, 0) is 22.6 Å². The van der Waals surface area contributed by atoms with Gasteiger partial charge in [0.1, 0.15) is 12.4 Å². The van der Waals surface area contributed by atoms with Crippen molar-refractivity contribution in [3.05, 3.63) is 70.2 Å². The van der Waals surface area contributed by atoms with Crippen molar-refractivity contribution in [3.8, 4) is 5.75 Å². The number of esters is 1. The number of amides is 1. The first-order chi connectivity index (χ1) is 14.6. The second-order valence-corrected chi connectivity index (χ2v) is 8.19. The maximum atomic E-state index is 12.5. The molecule has 1 amide bonds. The average Bonchev–Trinajstić information content (AvgIpc) is 3.24. The Kier molecular flexibility index (Phi) is 7.87. The lowest BCUT2D eigenvalue weighted by Gasteiger charge is -2.10. The zero-order chi connectivity index (χ0) is 21.3. The number of anilines is 1. The average molecular weight is 443 g/mol. The van der Waals surface area contributed by atoms with Crippen LogP contribution in [-0.4, -0.2) is 29.7 Å². The zero-order valence-electron chi connectivity index (χ0n) is 16.7. The van der Waals surface area contributed by atoms with Crippen LogP contribution < -0.4 is 10.1 Å². The number of aryl methyl sites for hydroxylation is 1. The molecule has 0 spiro atoms. The molecule has 0 saturated heterocycles. The molecule has 156 valence electrons. The van der Waals surface area contributed by atoms with Gasteiger partial charge in [0.25, 0.3) is 0 Å². The third-order valence-electron chi connectivity index (χ3n) is 4.07. The van der Waals surface area contributed by atoms with Gasteiger partial charge in [-0.3, -0.25) is 4.79 Å². The molecule has 0 saturated carbocycles. The Morgan fingerprint density at radius 1 is 1.17 bits per heavy atom. The summed E-state index contributed by atoms with van der Waals surface area (Å²) in [6.45, 7) is 2.16. The van der Waals surface area contributed by atoms with Crippen molar-refractivity contribution in [2.45, 2.75) is 24.8 Å². The van der Waals surface area contributed by atoms with E-state index in [2.05, 4.69) is 10.3 Å². The van der Waals surface area contributed by atoms with E-state index in [0.717, 1.165) is 17.1 Å². The fourth-order valence-corrected chi connectivity index (χ4v) is 4.17. The lowest BCUT2D eigenvalue weighted by atomic mass is 10.2. The molecule has 0 bridgehead atoms. The first-order valence-electron chi connectivity index (χ1n) is 9.35. The molecule has 0 fully saturated rings. The van der Waals surface area contributed by atoms with Crippen LogP contribution >= 0.6 is 23.1 Å². The monoisotopic (exact) mass is 442 g/mol. The summed E-state index contributed by atoms with van der Waals surface area (Å²) in [4.78, 5) is 30.0. The molecule has 6 nitrogen and oxygen atoms in total. The van der Waals surface area contributed by atoms with Crippen LogP contribution in [0.1, 0.15) is 28.0 Å². The summed E-state index contributed by atoms with van der Waals surface area (Å²) in [6.07, 6.45) is 0.857. The number of thiazole rings is 1. The van der Waals surface area contributed by atoms with Crippen molar-refractivity contribution in [1.82, 2.24) is 4.98 Å². The number of nitrogens with zero attached hydrogens (tertiary/aromatic N) is 1. The molecule has 1 aromatic heterocycles. The maximum Gasteiger partial charge on any atom is 0.339 e. The fraction of sp³-hybridized carbons (Fsp3) is 0.227. The molecule has 0 atom stereocenters. The van der Waals surface area contributed by atoms with Gasteiger partial charge < -0.3 is 14.8 Å². The molecule has 0 aliphatic heterocycles. The number of carbonyl (C=O) groups excluding carboxylic acids is 2. The Hall–Kier alpha value is -2.84. The summed E-state index contributed by atoms with van der Waals surface area (Å²) >= 11 is 2.84. The van der Waals surface area contributed by atoms with E-state index in [1.165, 1.54) is 11.8 Å². The predicted molar refractivity (Wildman–Crippen MR) is 119 cm³/mol. The Balaban J connectivity index is 1.57. The smallest absolute Gasteiger partial charge is 0.339 e. The highest BCUT2D eigenvalue weighted by molar-refractivity contribution is 8.00. The topological polar surface area (TPSA) is 77.5 Å². The summed E-state index contributed by atoms with van der Waals surface area (Å²) in [6, 6.07) is 14.2. The Labute approximate surface area is 183 Å². The number of methoxy groups -OCH3 is 1. The van der Waals surface area contributed by atoms with Gasteiger partial charge in [-0.25, -0.2) is 9.78 Å². The fourth-order valence-electron chi connectivity index (χ4n) is 2.60. The Morgan fingerprint density at radius 3 is 2.77 bits per heavy atom. The van der Waals surface area contributed by atoms with Gasteiger partial charge in [-0.05, 0) is 30.7 Å². The van der Waals surface area contributed by atoms with Crippen molar-refractivity contribution in [2.75, 3.05) is 18.2 Å². The second-order valence-electron chi connectivity index (χ2n) is 6.23. The molecule has 8 heteroatoms. The molecule has 3 aromatic rings. The Morgan fingerprint density at radius 2 is 2.00 bits per heavy atom. The number of hydrogen-bond acceptors (Lipinski definition) is 7. The van der Waals surface area contributed by atoms with E-state index in [0.29, 0.717) is 21.9 Å². The summed E-state index contributed by atoms with van der Waals surface area (Å²) in [5.74, 6) is 0.219. The summed E-state index contributed by atoms with van der Waals surface area (Å²) in [5.41, 5.74) is 1.83. The number of benzene rings is 2. The molecular weight excluding hydrogens is 420 g/mol. The van der Waals surface area contributed by atoms with Gasteiger partial charge in [-0.15, -0.1) is 23.1 Å². The first kappa shape index (κ1) is 21.9. The predicted octanol–water partition coefficient (Wildman–Crippen LogP) is 4.80. The van der Waals surface area contributed by atoms with Crippen LogP contribution in [0.25, 0.3) is 0 Å². The quantitative estimate of drug-likeness (QED) is 0.379. The first-order valence-corrected chi connectivity index (χ1v) is 11.2. The lowest BCUT2D eigenvalue weighted by Crippen LogP contribution is -2.14. The minimum atomic E-state index is -0.433. The van der Waals surface area contributed by atoms with Gasteiger partial charge >= 0.3 is 5.97 Å². The van der Waals surface area contributed by atoms with E-state index < -0.39 is 5.97 Å². The number of thioether (sulfide) groups is 1. The van der Waals surface area contributed by atoms with Gasteiger partial charge in [0, 0.05) is 22.0 Å². The molecule has 1 N–H and O–H groups in total. The van der Waals surface area contributed by atoms with Crippen molar-refractivity contribution in [1.29, 1.82) is 0 Å². The zero-order valence-corrected chi connectivity index (χ0v) is 18.3. The van der Waals surface area contributed by atoms with Crippen molar-refractivity contribution in [3.63, 3.8) is 0 Å². The van der Waals surface area contributed by atoms with E-state index in [1.54, 1.807) is 60.9 Å². The molecule has 30 heavy (non-hydrogen) atoms. The van der Waals surface area contributed by atoms with E-state index in [9.17, 15) is 9.59 Å². The summed E-state index contributed by atoms with van der Waals surface area (Å²) in [5, 5.41) is 5.74. The highest BCUT2D eigenvalue weighted by Crippen LogP contribution is 2.24. The third kappa shape index (κ3) is 6.08. The SMILES string of the molecule is CCc1nc(COC(=O)c2ccccc2SCC(=O)Nc2cccc(OC)c2)cs1. The van der Waals surface area contributed by atoms with E-state index in [-0.39, 0.29) is 18.3 Å². The van der Waals surface area contributed by atoms with Crippen LogP contribution in [0.15, 0.2) is 58.8 Å². The van der Waals surface area contributed by atoms with Gasteiger partial charge in [-0.1, -0.05) is 25.1 Å². The standard InChI is InChI=1S/C22H22N2O4S2/c1-3-21-24-16(13-30-21)12-28-22(26)18-9-4-5-10-19(18)29-14-20(25)23-15-7-6-8-17(11-15)27-2/h4-11,13H,3,12,14H2,1-2H3,(H,23,25). The Bertz CT molecular complexity index is 1020. The number of hydrogen-bond donors (Lipinski definition) is 1. The number of aromatic nitrogens is 1. The molecule has 0 unspecified atom stereocenters.